The van der Waals surface area contributed by atoms with Crippen LogP contribution in [-0.2, 0) is 0 Å². The predicted molar refractivity (Wildman–Crippen MR) is 182 cm³/mol. The van der Waals surface area contributed by atoms with Gasteiger partial charge in [0, 0.05) is 5.54 Å². The van der Waals surface area contributed by atoms with Gasteiger partial charge in [-0.1, -0.05) is 219 Å². The van der Waals surface area contributed by atoms with E-state index in [0.29, 0.717) is 0 Å². The molecule has 0 fully saturated rings. The van der Waals surface area contributed by atoms with Crippen molar-refractivity contribution in [3.05, 3.63) is 0 Å². The molecule has 0 rings (SSSR count). The topological polar surface area (TPSA) is 46.2 Å². The summed E-state index contributed by atoms with van der Waals surface area (Å²) >= 11 is 0. The molecule has 0 unspecified atom stereocenters. The van der Waals surface area contributed by atoms with Crippen molar-refractivity contribution < 1.29 is 5.11 Å². The van der Waals surface area contributed by atoms with Gasteiger partial charge >= 0.3 is 0 Å². The van der Waals surface area contributed by atoms with Gasteiger partial charge in [-0.3, -0.25) is 0 Å². The van der Waals surface area contributed by atoms with E-state index in [-0.39, 0.29) is 12.1 Å². The van der Waals surface area contributed by atoms with Crippen molar-refractivity contribution in [3.63, 3.8) is 0 Å². The minimum absolute atomic E-state index is 0.157. The van der Waals surface area contributed by atoms with E-state index in [1.165, 1.54) is 205 Å². The van der Waals surface area contributed by atoms with Gasteiger partial charge in [-0.05, 0) is 12.8 Å². The molecule has 0 radical (unpaired) electrons. The lowest BCUT2D eigenvalue weighted by Crippen LogP contribution is -2.43. The van der Waals surface area contributed by atoms with Crippen LogP contribution in [0.15, 0.2) is 0 Å². The normalized spacial score (nSPS) is 12.0. The number of nitrogens with two attached hydrogens (primary N) is 1. The standard InChI is InChI=1S/C38H79NO/c1-3-5-7-9-11-13-15-17-19-21-23-25-27-29-31-33-35-38(39,37-40)36-34-32-30-28-26-24-22-20-18-16-14-12-10-8-6-4-2/h40H,3-37,39H2,1-2H3. The zero-order valence-corrected chi connectivity index (χ0v) is 28.3. The molecule has 0 amide bonds. The summed E-state index contributed by atoms with van der Waals surface area (Å²) in [5, 5.41) is 9.91. The summed E-state index contributed by atoms with van der Waals surface area (Å²) < 4.78 is 0. The molecule has 0 spiro atoms. The summed E-state index contributed by atoms with van der Waals surface area (Å²) in [5.41, 5.74) is 6.24. The molecule has 0 aliphatic carbocycles. The molecule has 2 nitrogen and oxygen atoms in total. The molecule has 0 bridgehead atoms. The van der Waals surface area contributed by atoms with E-state index in [1.54, 1.807) is 0 Å². The molecule has 0 saturated carbocycles. The molecule has 0 atom stereocenters. The molecule has 0 saturated heterocycles. The second-order valence-corrected chi connectivity index (χ2v) is 13.6. The maximum atomic E-state index is 9.91. The van der Waals surface area contributed by atoms with Crippen molar-refractivity contribution in [2.45, 2.75) is 238 Å². The summed E-state index contributed by atoms with van der Waals surface area (Å²) in [5.74, 6) is 0. The van der Waals surface area contributed by atoms with E-state index in [4.69, 9.17) is 5.73 Å². The number of aliphatic hydroxyl groups is 1. The van der Waals surface area contributed by atoms with Crippen LogP contribution in [0, 0.1) is 0 Å². The highest BCUT2D eigenvalue weighted by Gasteiger charge is 2.22. The summed E-state index contributed by atoms with van der Waals surface area (Å²) in [6.45, 7) is 4.75. The number of aliphatic hydroxyl groups excluding tert-OH is 1. The van der Waals surface area contributed by atoms with Gasteiger partial charge in [-0.15, -0.1) is 0 Å². The highest BCUT2D eigenvalue weighted by atomic mass is 16.3. The van der Waals surface area contributed by atoms with E-state index in [0.717, 1.165) is 12.8 Å². The molecular weight excluding hydrogens is 486 g/mol. The lowest BCUT2D eigenvalue weighted by Gasteiger charge is -2.27. The fraction of sp³-hybridized carbons (Fsp3) is 1.00. The quantitative estimate of drug-likeness (QED) is 0.0750. The van der Waals surface area contributed by atoms with Crippen LogP contribution >= 0.6 is 0 Å². The largest absolute Gasteiger partial charge is 0.394 e. The molecule has 0 aromatic heterocycles. The molecule has 0 heterocycles. The van der Waals surface area contributed by atoms with Crippen LogP contribution in [0.1, 0.15) is 232 Å². The van der Waals surface area contributed by atoms with Gasteiger partial charge in [-0.25, -0.2) is 0 Å². The Bertz CT molecular complexity index is 415. The van der Waals surface area contributed by atoms with Gasteiger partial charge < -0.3 is 10.8 Å². The van der Waals surface area contributed by atoms with Crippen molar-refractivity contribution in [1.29, 1.82) is 0 Å². The minimum Gasteiger partial charge on any atom is -0.394 e. The zero-order valence-electron chi connectivity index (χ0n) is 28.3. The van der Waals surface area contributed by atoms with Crippen LogP contribution in [-0.4, -0.2) is 17.3 Å². The van der Waals surface area contributed by atoms with Gasteiger partial charge in [0.25, 0.3) is 0 Å². The molecule has 2 heteroatoms. The van der Waals surface area contributed by atoms with Crippen molar-refractivity contribution in [3.8, 4) is 0 Å². The molecule has 0 aliphatic rings. The smallest absolute Gasteiger partial charge is 0.0611 e. The predicted octanol–water partition coefficient (Wildman–Crippen LogP) is 13.0. The van der Waals surface area contributed by atoms with Crippen LogP contribution in [0.5, 0.6) is 0 Å². The summed E-state index contributed by atoms with van der Waals surface area (Å²) in [7, 11) is 0. The van der Waals surface area contributed by atoms with E-state index < -0.39 is 0 Å². The van der Waals surface area contributed by atoms with Crippen molar-refractivity contribution in [1.82, 2.24) is 0 Å². The third-order valence-corrected chi connectivity index (χ3v) is 9.37. The molecular formula is C38H79NO. The first-order chi connectivity index (χ1) is 19.7. The number of hydrogen-bond acceptors (Lipinski definition) is 2. The number of rotatable bonds is 35. The summed E-state index contributed by atoms with van der Waals surface area (Å²) in [6, 6.07) is 0. The molecule has 3 N–H and O–H groups in total. The first-order valence-electron chi connectivity index (χ1n) is 19.1. The van der Waals surface area contributed by atoms with Crippen LogP contribution < -0.4 is 5.73 Å². The van der Waals surface area contributed by atoms with Crippen LogP contribution in [0.4, 0.5) is 0 Å². The van der Waals surface area contributed by atoms with Crippen molar-refractivity contribution in [2.24, 2.45) is 5.73 Å². The van der Waals surface area contributed by atoms with Gasteiger partial charge in [0.15, 0.2) is 0 Å². The van der Waals surface area contributed by atoms with Gasteiger partial charge in [-0.2, -0.15) is 0 Å². The van der Waals surface area contributed by atoms with Crippen LogP contribution in [0.2, 0.25) is 0 Å². The Morgan fingerprint density at radius 1 is 0.325 bits per heavy atom. The minimum atomic E-state index is -0.327. The lowest BCUT2D eigenvalue weighted by atomic mass is 9.88. The first-order valence-corrected chi connectivity index (χ1v) is 19.1. The Labute approximate surface area is 254 Å². The van der Waals surface area contributed by atoms with E-state index in [1.807, 2.05) is 0 Å². The Hall–Kier alpha value is -0.0800. The average Bonchev–Trinajstić information content (AvgIpc) is 2.96. The lowest BCUT2D eigenvalue weighted by molar-refractivity contribution is 0.171. The second kappa shape index (κ2) is 33.4. The third-order valence-electron chi connectivity index (χ3n) is 9.37. The molecule has 0 aromatic rings. The Morgan fingerprint density at radius 3 is 0.675 bits per heavy atom. The molecule has 0 aliphatic heterocycles. The Balaban J connectivity index is 3.38. The molecule has 242 valence electrons. The second-order valence-electron chi connectivity index (χ2n) is 13.6. The summed E-state index contributed by atoms with van der Waals surface area (Å²) in [6.07, 6.45) is 46.8. The van der Waals surface area contributed by atoms with Crippen molar-refractivity contribution >= 4 is 0 Å². The Kier molecular flexibility index (Phi) is 33.4. The van der Waals surface area contributed by atoms with Gasteiger partial charge in [0.05, 0.1) is 6.61 Å². The zero-order chi connectivity index (χ0) is 29.2. The van der Waals surface area contributed by atoms with Crippen LogP contribution in [0.3, 0.4) is 0 Å². The highest BCUT2D eigenvalue weighted by molar-refractivity contribution is 4.83. The van der Waals surface area contributed by atoms with E-state index in [2.05, 4.69) is 13.8 Å². The SMILES string of the molecule is CCCCCCCCCCCCCCCCCCC(N)(CO)CCCCCCCCCCCCCCCCCC. The first kappa shape index (κ1) is 39.9. The Morgan fingerprint density at radius 2 is 0.500 bits per heavy atom. The highest BCUT2D eigenvalue weighted by Crippen LogP contribution is 2.22. The fourth-order valence-corrected chi connectivity index (χ4v) is 6.33. The maximum absolute atomic E-state index is 9.91. The fourth-order valence-electron chi connectivity index (χ4n) is 6.33. The molecule has 40 heavy (non-hydrogen) atoms. The number of unbranched alkanes of at least 4 members (excludes halogenated alkanes) is 30. The van der Waals surface area contributed by atoms with Gasteiger partial charge in [0.2, 0.25) is 0 Å². The van der Waals surface area contributed by atoms with E-state index in [9.17, 15) is 5.11 Å². The van der Waals surface area contributed by atoms with Crippen molar-refractivity contribution in [2.75, 3.05) is 6.61 Å². The van der Waals surface area contributed by atoms with E-state index >= 15 is 0 Å². The van der Waals surface area contributed by atoms with Crippen LogP contribution in [0.25, 0.3) is 0 Å². The third kappa shape index (κ3) is 30.9. The average molecular weight is 566 g/mol. The van der Waals surface area contributed by atoms with Gasteiger partial charge in [0.1, 0.15) is 0 Å². The monoisotopic (exact) mass is 566 g/mol. The maximum Gasteiger partial charge on any atom is 0.0611 e. The summed E-state index contributed by atoms with van der Waals surface area (Å²) in [4.78, 5) is 0. The molecule has 0 aromatic carbocycles. The number of hydrogen-bond donors (Lipinski definition) is 2.